The standard InChI is InChI=1S/C11H16BrN3O2S/c1-14(2)18(16,17)15-7-3-4-11(15)10-6-5-9(12)8-13-10/h5-6,8,11H,3-4,7H2,1-2H3. The molecule has 2 rings (SSSR count). The van der Waals surface area contributed by atoms with Gasteiger partial charge in [-0.25, -0.2) is 0 Å². The van der Waals surface area contributed by atoms with Gasteiger partial charge in [0, 0.05) is 31.3 Å². The normalized spacial score (nSPS) is 21.7. The Bertz CT molecular complexity index is 516. The predicted molar refractivity (Wildman–Crippen MR) is 73.2 cm³/mol. The molecule has 1 aromatic rings. The summed E-state index contributed by atoms with van der Waals surface area (Å²) in [7, 11) is -0.259. The van der Waals surface area contributed by atoms with Crippen molar-refractivity contribution in [3.63, 3.8) is 0 Å². The van der Waals surface area contributed by atoms with Crippen molar-refractivity contribution in [2.24, 2.45) is 0 Å². The fraction of sp³-hybridized carbons (Fsp3) is 0.545. The third-order valence-electron chi connectivity index (χ3n) is 3.05. The van der Waals surface area contributed by atoms with E-state index in [0.717, 1.165) is 23.0 Å². The number of nitrogens with zero attached hydrogens (tertiary/aromatic N) is 3. The van der Waals surface area contributed by atoms with Gasteiger partial charge in [0.2, 0.25) is 0 Å². The number of pyridine rings is 1. The molecule has 7 heteroatoms. The van der Waals surface area contributed by atoms with Gasteiger partial charge >= 0.3 is 0 Å². The molecule has 0 saturated carbocycles. The van der Waals surface area contributed by atoms with Crippen LogP contribution in [0.5, 0.6) is 0 Å². The fourth-order valence-corrected chi connectivity index (χ4v) is 3.65. The fourth-order valence-electron chi connectivity index (χ4n) is 2.11. The first kappa shape index (κ1) is 13.9. The van der Waals surface area contributed by atoms with Crippen molar-refractivity contribution in [2.75, 3.05) is 20.6 Å². The predicted octanol–water partition coefficient (Wildman–Crippen LogP) is 1.79. The zero-order valence-corrected chi connectivity index (χ0v) is 12.8. The maximum absolute atomic E-state index is 12.2. The number of halogens is 1. The summed E-state index contributed by atoms with van der Waals surface area (Å²) < 4.78 is 28.1. The molecule has 1 atom stereocenters. The van der Waals surface area contributed by atoms with Gasteiger partial charge in [0.15, 0.2) is 0 Å². The Kier molecular flexibility index (Phi) is 4.05. The summed E-state index contributed by atoms with van der Waals surface area (Å²) in [4.78, 5) is 4.31. The highest BCUT2D eigenvalue weighted by molar-refractivity contribution is 9.10. The molecule has 0 radical (unpaired) electrons. The summed E-state index contributed by atoms with van der Waals surface area (Å²) in [6.45, 7) is 0.558. The lowest BCUT2D eigenvalue weighted by molar-refractivity contribution is 0.358. The van der Waals surface area contributed by atoms with Gasteiger partial charge in [0.25, 0.3) is 10.2 Å². The lowest BCUT2D eigenvalue weighted by Crippen LogP contribution is -2.39. The molecule has 1 saturated heterocycles. The molecule has 0 aromatic carbocycles. The summed E-state index contributed by atoms with van der Waals surface area (Å²) in [5, 5.41) is 0. The van der Waals surface area contributed by atoms with Gasteiger partial charge in [0.1, 0.15) is 0 Å². The van der Waals surface area contributed by atoms with Crippen molar-refractivity contribution in [1.82, 2.24) is 13.6 Å². The molecule has 1 fully saturated rings. The summed E-state index contributed by atoms with van der Waals surface area (Å²) in [6, 6.07) is 3.62. The highest BCUT2D eigenvalue weighted by Crippen LogP contribution is 2.33. The largest absolute Gasteiger partial charge is 0.282 e. The average molecular weight is 334 g/mol. The molecule has 0 amide bonds. The van der Waals surface area contributed by atoms with Crippen molar-refractivity contribution >= 4 is 26.1 Å². The maximum atomic E-state index is 12.2. The molecule has 0 bridgehead atoms. The van der Waals surface area contributed by atoms with Gasteiger partial charge < -0.3 is 0 Å². The van der Waals surface area contributed by atoms with E-state index in [2.05, 4.69) is 20.9 Å². The molecular weight excluding hydrogens is 318 g/mol. The van der Waals surface area contributed by atoms with Crippen LogP contribution in [0.3, 0.4) is 0 Å². The van der Waals surface area contributed by atoms with E-state index < -0.39 is 10.2 Å². The van der Waals surface area contributed by atoms with Crippen molar-refractivity contribution in [1.29, 1.82) is 0 Å². The van der Waals surface area contributed by atoms with Crippen LogP contribution >= 0.6 is 15.9 Å². The number of hydrogen-bond acceptors (Lipinski definition) is 3. The van der Waals surface area contributed by atoms with Gasteiger partial charge in [-0.15, -0.1) is 0 Å². The number of hydrogen-bond donors (Lipinski definition) is 0. The molecule has 5 nitrogen and oxygen atoms in total. The third-order valence-corrected chi connectivity index (χ3v) is 5.47. The van der Waals surface area contributed by atoms with Crippen molar-refractivity contribution in [3.05, 3.63) is 28.5 Å². The Morgan fingerprint density at radius 1 is 1.44 bits per heavy atom. The van der Waals surface area contributed by atoms with E-state index >= 15 is 0 Å². The Hall–Kier alpha value is -0.500. The Labute approximate surface area is 116 Å². The minimum absolute atomic E-state index is 0.148. The molecule has 0 aliphatic carbocycles. The van der Waals surface area contributed by atoms with Crippen molar-refractivity contribution in [2.45, 2.75) is 18.9 Å². The molecule has 0 spiro atoms. The van der Waals surface area contributed by atoms with Gasteiger partial charge in [0.05, 0.1) is 11.7 Å². The van der Waals surface area contributed by atoms with Crippen LogP contribution in [-0.4, -0.2) is 42.7 Å². The zero-order chi connectivity index (χ0) is 13.3. The molecule has 1 unspecified atom stereocenters. The van der Waals surface area contributed by atoms with Crippen LogP contribution in [0.15, 0.2) is 22.8 Å². The van der Waals surface area contributed by atoms with Gasteiger partial charge in [-0.05, 0) is 40.9 Å². The molecule has 1 aliphatic rings. The summed E-state index contributed by atoms with van der Waals surface area (Å²) in [5.74, 6) is 0. The second-order valence-electron chi connectivity index (χ2n) is 4.46. The van der Waals surface area contributed by atoms with Crippen LogP contribution < -0.4 is 0 Å². The Morgan fingerprint density at radius 2 is 2.17 bits per heavy atom. The van der Waals surface area contributed by atoms with Gasteiger partial charge in [-0.1, -0.05) is 0 Å². The molecule has 1 aliphatic heterocycles. The molecule has 100 valence electrons. The first-order valence-electron chi connectivity index (χ1n) is 5.73. The zero-order valence-electron chi connectivity index (χ0n) is 10.4. The van der Waals surface area contributed by atoms with Crippen molar-refractivity contribution < 1.29 is 8.42 Å². The van der Waals surface area contributed by atoms with Crippen LogP contribution in [-0.2, 0) is 10.2 Å². The quantitative estimate of drug-likeness (QED) is 0.847. The first-order chi connectivity index (χ1) is 8.43. The summed E-state index contributed by atoms with van der Waals surface area (Å²) >= 11 is 3.33. The second-order valence-corrected chi connectivity index (χ2v) is 7.47. The van der Waals surface area contributed by atoms with Crippen molar-refractivity contribution in [3.8, 4) is 0 Å². The SMILES string of the molecule is CN(C)S(=O)(=O)N1CCCC1c1ccc(Br)cn1. The molecular formula is C11H16BrN3O2S. The number of rotatable bonds is 3. The Morgan fingerprint density at radius 3 is 2.72 bits per heavy atom. The minimum Gasteiger partial charge on any atom is -0.258 e. The lowest BCUT2D eigenvalue weighted by Gasteiger charge is -2.26. The van der Waals surface area contributed by atoms with Gasteiger partial charge in [-0.2, -0.15) is 17.0 Å². The van der Waals surface area contributed by atoms with Crippen LogP contribution in [0.2, 0.25) is 0 Å². The van der Waals surface area contributed by atoms with E-state index in [1.165, 1.54) is 8.61 Å². The molecule has 18 heavy (non-hydrogen) atoms. The van der Waals surface area contributed by atoms with E-state index in [-0.39, 0.29) is 6.04 Å². The average Bonchev–Trinajstić information content (AvgIpc) is 2.79. The highest BCUT2D eigenvalue weighted by Gasteiger charge is 2.37. The lowest BCUT2D eigenvalue weighted by atomic mass is 10.1. The van der Waals surface area contributed by atoms with Gasteiger partial charge in [-0.3, -0.25) is 4.98 Å². The van der Waals surface area contributed by atoms with Crippen LogP contribution in [0.25, 0.3) is 0 Å². The van der Waals surface area contributed by atoms with E-state index in [1.807, 2.05) is 12.1 Å². The topological polar surface area (TPSA) is 53.5 Å². The van der Waals surface area contributed by atoms with Crippen LogP contribution in [0.4, 0.5) is 0 Å². The maximum Gasteiger partial charge on any atom is 0.282 e. The Balaban J connectivity index is 2.31. The monoisotopic (exact) mass is 333 g/mol. The van der Waals surface area contributed by atoms with E-state index in [4.69, 9.17) is 0 Å². The molecule has 0 N–H and O–H groups in total. The van der Waals surface area contributed by atoms with Crippen LogP contribution in [0, 0.1) is 0 Å². The highest BCUT2D eigenvalue weighted by atomic mass is 79.9. The number of aromatic nitrogens is 1. The molecule has 2 heterocycles. The summed E-state index contributed by atoms with van der Waals surface area (Å²) in [6.07, 6.45) is 3.39. The van der Waals surface area contributed by atoms with E-state index in [1.54, 1.807) is 20.3 Å². The van der Waals surface area contributed by atoms with E-state index in [9.17, 15) is 8.42 Å². The first-order valence-corrected chi connectivity index (χ1v) is 7.92. The second kappa shape index (κ2) is 5.24. The van der Waals surface area contributed by atoms with E-state index in [0.29, 0.717) is 6.54 Å². The van der Waals surface area contributed by atoms with Crippen LogP contribution in [0.1, 0.15) is 24.6 Å². The third kappa shape index (κ3) is 2.59. The summed E-state index contributed by atoms with van der Waals surface area (Å²) in [5.41, 5.74) is 0.807. The minimum atomic E-state index is -3.37. The smallest absolute Gasteiger partial charge is 0.258 e. The molecule has 1 aromatic heterocycles.